The van der Waals surface area contributed by atoms with Gasteiger partial charge in [-0.05, 0) is 56.7 Å². The molecule has 0 radical (unpaired) electrons. The number of halogens is 1. The van der Waals surface area contributed by atoms with Gasteiger partial charge in [-0.3, -0.25) is 0 Å². The van der Waals surface area contributed by atoms with Gasteiger partial charge in [-0.15, -0.1) is 0 Å². The zero-order valence-electron chi connectivity index (χ0n) is 14.0. The lowest BCUT2D eigenvalue weighted by molar-refractivity contribution is 0.167. The van der Waals surface area contributed by atoms with Crippen LogP contribution in [-0.2, 0) is 0 Å². The van der Waals surface area contributed by atoms with E-state index < -0.39 is 0 Å². The number of hydrogen-bond donors (Lipinski definition) is 1. The van der Waals surface area contributed by atoms with E-state index in [4.69, 9.17) is 4.99 Å². The highest BCUT2D eigenvalue weighted by atomic mass is 19.1. The molecule has 2 unspecified atom stereocenters. The predicted octanol–water partition coefficient (Wildman–Crippen LogP) is 4.17. The van der Waals surface area contributed by atoms with Crippen molar-refractivity contribution in [3.8, 4) is 0 Å². The first kappa shape index (κ1) is 15.4. The van der Waals surface area contributed by atoms with Crippen LogP contribution in [-0.4, -0.2) is 28.8 Å². The van der Waals surface area contributed by atoms with Crippen LogP contribution in [0.3, 0.4) is 0 Å². The second kappa shape index (κ2) is 6.38. The molecule has 0 bridgehead atoms. The van der Waals surface area contributed by atoms with E-state index in [0.29, 0.717) is 17.9 Å². The van der Waals surface area contributed by atoms with Gasteiger partial charge in [-0.25, -0.2) is 14.4 Å². The third kappa shape index (κ3) is 2.95. The van der Waals surface area contributed by atoms with Crippen LogP contribution in [0.25, 0.3) is 0 Å². The number of anilines is 1. The van der Waals surface area contributed by atoms with Gasteiger partial charge in [0.2, 0.25) is 5.96 Å². The number of hydrogen-bond acceptors (Lipinski definition) is 4. The van der Waals surface area contributed by atoms with Crippen LogP contribution in [0.2, 0.25) is 0 Å². The summed E-state index contributed by atoms with van der Waals surface area (Å²) in [6, 6.07) is 6.91. The summed E-state index contributed by atoms with van der Waals surface area (Å²) in [4.78, 5) is 12.0. The van der Waals surface area contributed by atoms with Crippen LogP contribution in [0.15, 0.2) is 46.5 Å². The second-order valence-electron chi connectivity index (χ2n) is 6.86. The summed E-state index contributed by atoms with van der Waals surface area (Å²) < 4.78 is 13.1. The zero-order valence-corrected chi connectivity index (χ0v) is 14.0. The van der Waals surface area contributed by atoms with Crippen molar-refractivity contribution in [2.75, 3.05) is 5.32 Å². The summed E-state index contributed by atoms with van der Waals surface area (Å²) in [6.07, 6.45) is 10.7. The minimum atomic E-state index is -0.240. The van der Waals surface area contributed by atoms with Crippen molar-refractivity contribution in [1.29, 1.82) is 0 Å². The van der Waals surface area contributed by atoms with Gasteiger partial charge >= 0.3 is 0 Å². The van der Waals surface area contributed by atoms with E-state index in [1.54, 1.807) is 12.1 Å². The summed E-state index contributed by atoms with van der Waals surface area (Å²) in [7, 11) is 0. The monoisotopic (exact) mass is 326 g/mol. The van der Waals surface area contributed by atoms with Crippen LogP contribution in [0.5, 0.6) is 0 Å². The van der Waals surface area contributed by atoms with Crippen molar-refractivity contribution in [1.82, 2.24) is 4.90 Å². The van der Waals surface area contributed by atoms with E-state index in [9.17, 15) is 4.39 Å². The average Bonchev–Trinajstić information content (AvgIpc) is 3.11. The van der Waals surface area contributed by atoms with E-state index in [2.05, 4.69) is 34.4 Å². The Morgan fingerprint density at radius 3 is 2.67 bits per heavy atom. The molecule has 2 atom stereocenters. The molecule has 3 aliphatic rings. The summed E-state index contributed by atoms with van der Waals surface area (Å²) >= 11 is 0. The molecule has 0 aromatic heterocycles. The van der Waals surface area contributed by atoms with Crippen molar-refractivity contribution >= 4 is 17.4 Å². The highest BCUT2D eigenvalue weighted by Crippen LogP contribution is 2.34. The number of aliphatic imine (C=N–C) groups is 2. The van der Waals surface area contributed by atoms with Crippen molar-refractivity contribution in [3.05, 3.63) is 42.4 Å². The third-order valence-electron chi connectivity index (χ3n) is 5.25. The van der Waals surface area contributed by atoms with E-state index in [0.717, 1.165) is 17.8 Å². The normalized spacial score (nSPS) is 26.8. The van der Waals surface area contributed by atoms with Gasteiger partial charge in [0.15, 0.2) is 0 Å². The summed E-state index contributed by atoms with van der Waals surface area (Å²) in [5, 5.41) is 3.23. The zero-order chi connectivity index (χ0) is 16.5. The minimum Gasteiger partial charge on any atom is -0.353 e. The molecule has 0 amide bonds. The standard InChI is InChI=1S/C19H23FN4/c1-13-17-7-4-12-24(16-5-2-3-6-16)18(17)23-19(21-13)22-15-10-8-14(20)9-11-15/h4,8-12,16-18H,2-3,5-7H2,1H3,(H,22,23). The minimum absolute atomic E-state index is 0.124. The van der Waals surface area contributed by atoms with Gasteiger partial charge in [0, 0.05) is 23.4 Å². The first-order valence-electron chi connectivity index (χ1n) is 8.80. The largest absolute Gasteiger partial charge is 0.353 e. The maximum atomic E-state index is 13.1. The maximum absolute atomic E-state index is 13.1. The second-order valence-corrected chi connectivity index (χ2v) is 6.86. The molecule has 2 heterocycles. The van der Waals surface area contributed by atoms with Gasteiger partial charge in [-0.2, -0.15) is 0 Å². The molecule has 1 N–H and O–H groups in total. The fourth-order valence-corrected chi connectivity index (χ4v) is 3.96. The molecule has 4 rings (SSSR count). The van der Waals surface area contributed by atoms with Crippen molar-refractivity contribution in [3.63, 3.8) is 0 Å². The van der Waals surface area contributed by atoms with Crippen LogP contribution in [0.1, 0.15) is 39.0 Å². The van der Waals surface area contributed by atoms with Crippen molar-refractivity contribution in [2.45, 2.75) is 51.2 Å². The van der Waals surface area contributed by atoms with Crippen molar-refractivity contribution < 1.29 is 4.39 Å². The molecule has 126 valence electrons. The fourth-order valence-electron chi connectivity index (χ4n) is 3.96. The van der Waals surface area contributed by atoms with Gasteiger partial charge in [-0.1, -0.05) is 18.9 Å². The van der Waals surface area contributed by atoms with Gasteiger partial charge < -0.3 is 10.2 Å². The number of fused-ring (bicyclic) bond motifs is 1. The molecule has 24 heavy (non-hydrogen) atoms. The number of guanidine groups is 1. The number of benzene rings is 1. The van der Waals surface area contributed by atoms with Gasteiger partial charge in [0.25, 0.3) is 0 Å². The maximum Gasteiger partial charge on any atom is 0.224 e. The van der Waals surface area contributed by atoms with Crippen LogP contribution < -0.4 is 5.32 Å². The number of nitrogens with zero attached hydrogens (tertiary/aromatic N) is 3. The Labute approximate surface area is 142 Å². The molecule has 5 heteroatoms. The molecule has 1 saturated carbocycles. The molecule has 1 fully saturated rings. The molecule has 2 aliphatic heterocycles. The predicted molar refractivity (Wildman–Crippen MR) is 95.7 cm³/mol. The molecular weight excluding hydrogens is 303 g/mol. The Kier molecular flexibility index (Phi) is 4.08. The molecule has 0 saturated heterocycles. The number of allylic oxidation sites excluding steroid dienone is 1. The van der Waals surface area contributed by atoms with Crippen LogP contribution in [0.4, 0.5) is 10.1 Å². The topological polar surface area (TPSA) is 40.0 Å². The molecule has 1 aliphatic carbocycles. The Morgan fingerprint density at radius 1 is 1.17 bits per heavy atom. The quantitative estimate of drug-likeness (QED) is 0.886. The lowest BCUT2D eigenvalue weighted by atomic mass is 9.91. The fraction of sp³-hybridized carbons (Fsp3) is 0.474. The van der Waals surface area contributed by atoms with Gasteiger partial charge in [0.05, 0.1) is 0 Å². The molecule has 1 aromatic carbocycles. The summed E-state index contributed by atoms with van der Waals surface area (Å²) in [6.45, 7) is 2.09. The van der Waals surface area contributed by atoms with E-state index in [1.165, 1.54) is 37.8 Å². The Morgan fingerprint density at radius 2 is 1.92 bits per heavy atom. The van der Waals surface area contributed by atoms with Crippen molar-refractivity contribution in [2.24, 2.45) is 15.9 Å². The van der Waals surface area contributed by atoms with Crippen LogP contribution in [0, 0.1) is 11.7 Å². The van der Waals surface area contributed by atoms with Crippen LogP contribution >= 0.6 is 0 Å². The Bertz CT molecular complexity index is 686. The highest BCUT2D eigenvalue weighted by Gasteiger charge is 2.37. The summed E-state index contributed by atoms with van der Waals surface area (Å²) in [5.41, 5.74) is 1.93. The molecular formula is C19H23FN4. The van der Waals surface area contributed by atoms with E-state index in [-0.39, 0.29) is 12.0 Å². The van der Waals surface area contributed by atoms with E-state index in [1.807, 2.05) is 0 Å². The SMILES string of the molecule is CC1=NC(Nc2ccc(F)cc2)=NC2C1CC=CN2C1CCCC1. The smallest absolute Gasteiger partial charge is 0.224 e. The number of nitrogens with one attached hydrogen (secondary N) is 1. The molecule has 1 aromatic rings. The highest BCUT2D eigenvalue weighted by molar-refractivity contribution is 6.05. The first-order chi connectivity index (χ1) is 11.7. The third-order valence-corrected chi connectivity index (χ3v) is 5.25. The van der Waals surface area contributed by atoms with Gasteiger partial charge in [0.1, 0.15) is 12.0 Å². The lowest BCUT2D eigenvalue weighted by Crippen LogP contribution is -2.48. The lowest BCUT2D eigenvalue weighted by Gasteiger charge is -2.42. The Balaban J connectivity index is 1.59. The Hall–Kier alpha value is -2.17. The molecule has 4 nitrogen and oxygen atoms in total. The molecule has 0 spiro atoms. The number of rotatable bonds is 2. The first-order valence-corrected chi connectivity index (χ1v) is 8.80. The average molecular weight is 326 g/mol. The summed E-state index contributed by atoms with van der Waals surface area (Å²) in [5.74, 6) is 0.740. The van der Waals surface area contributed by atoms with E-state index >= 15 is 0 Å².